The molecule has 1 saturated carbocycles. The van der Waals surface area contributed by atoms with Gasteiger partial charge >= 0.3 is 0 Å². The van der Waals surface area contributed by atoms with Crippen LogP contribution in [0.15, 0.2) is 17.2 Å². The summed E-state index contributed by atoms with van der Waals surface area (Å²) < 4.78 is 0. The fraction of sp³-hybridized carbons (Fsp3) is 0.684. The summed E-state index contributed by atoms with van der Waals surface area (Å²) in [4.78, 5) is 19.9. The molecule has 4 nitrogen and oxygen atoms in total. The molecule has 1 aromatic rings. The van der Waals surface area contributed by atoms with E-state index in [9.17, 15) is 4.79 Å². The molecule has 0 radical (unpaired) electrons. The average molecular weight is 348 g/mol. The van der Waals surface area contributed by atoms with Crippen LogP contribution in [-0.2, 0) is 0 Å². The second-order valence-electron chi connectivity index (χ2n) is 6.87. The number of carbonyl (C=O) groups excluding carboxylic acids is 1. The molecule has 24 heavy (non-hydrogen) atoms. The molecule has 2 aliphatic rings. The van der Waals surface area contributed by atoms with Crippen molar-refractivity contribution in [1.29, 1.82) is 0 Å². The lowest BCUT2D eigenvalue weighted by molar-refractivity contribution is 0.0924. The van der Waals surface area contributed by atoms with E-state index in [0.717, 1.165) is 54.5 Å². The van der Waals surface area contributed by atoms with E-state index in [0.29, 0.717) is 6.04 Å². The summed E-state index contributed by atoms with van der Waals surface area (Å²) >= 11 is 1.71. The van der Waals surface area contributed by atoms with Gasteiger partial charge in [-0.25, -0.2) is 4.98 Å². The Balaban J connectivity index is 1.75. The lowest BCUT2D eigenvalue weighted by Gasteiger charge is -2.23. The van der Waals surface area contributed by atoms with Gasteiger partial charge in [0.1, 0.15) is 10.8 Å². The number of nitrogens with zero attached hydrogens (tertiary/aromatic N) is 2. The molecule has 1 aliphatic carbocycles. The zero-order valence-electron chi connectivity index (χ0n) is 14.7. The van der Waals surface area contributed by atoms with E-state index in [2.05, 4.69) is 17.1 Å². The molecule has 0 unspecified atom stereocenters. The third-order valence-corrected chi connectivity index (χ3v) is 6.10. The Morgan fingerprint density at radius 2 is 1.96 bits per heavy atom. The van der Waals surface area contributed by atoms with E-state index in [-0.39, 0.29) is 5.91 Å². The molecule has 1 aromatic heterocycles. The van der Waals surface area contributed by atoms with Crippen LogP contribution in [0.2, 0.25) is 0 Å². The van der Waals surface area contributed by atoms with Crippen molar-refractivity contribution < 1.29 is 4.79 Å². The minimum absolute atomic E-state index is 0.0565. The smallest absolute Gasteiger partial charge is 0.254 e. The SMILES string of the molecule is CCCSc1nc(N2CCCC2)ccc1C(=O)NC1CCCCC1. The highest BCUT2D eigenvalue weighted by molar-refractivity contribution is 7.99. The minimum Gasteiger partial charge on any atom is -0.357 e. The van der Waals surface area contributed by atoms with Crippen LogP contribution in [0.3, 0.4) is 0 Å². The van der Waals surface area contributed by atoms with Gasteiger partial charge in [0.15, 0.2) is 0 Å². The second-order valence-corrected chi connectivity index (χ2v) is 7.96. The van der Waals surface area contributed by atoms with Crippen LogP contribution < -0.4 is 10.2 Å². The van der Waals surface area contributed by atoms with Crippen LogP contribution in [0.5, 0.6) is 0 Å². The summed E-state index contributed by atoms with van der Waals surface area (Å²) in [5.41, 5.74) is 0.752. The third kappa shape index (κ3) is 4.44. The van der Waals surface area contributed by atoms with Crippen molar-refractivity contribution >= 4 is 23.5 Å². The Morgan fingerprint density at radius 3 is 2.67 bits per heavy atom. The molecule has 2 fully saturated rings. The zero-order chi connectivity index (χ0) is 16.8. The third-order valence-electron chi connectivity index (χ3n) is 4.90. The number of nitrogens with one attached hydrogen (secondary N) is 1. The Morgan fingerprint density at radius 1 is 1.21 bits per heavy atom. The quantitative estimate of drug-likeness (QED) is 0.782. The fourth-order valence-corrected chi connectivity index (χ4v) is 4.42. The number of hydrogen-bond acceptors (Lipinski definition) is 4. The highest BCUT2D eigenvalue weighted by Crippen LogP contribution is 2.27. The molecule has 1 saturated heterocycles. The predicted octanol–water partition coefficient (Wildman–Crippen LogP) is 4.25. The molecular weight excluding hydrogens is 318 g/mol. The highest BCUT2D eigenvalue weighted by atomic mass is 32.2. The van der Waals surface area contributed by atoms with Gasteiger partial charge in [0.05, 0.1) is 5.56 Å². The zero-order valence-corrected chi connectivity index (χ0v) is 15.5. The Labute approximate surface area is 149 Å². The summed E-state index contributed by atoms with van der Waals surface area (Å²) in [6.45, 7) is 4.33. The van der Waals surface area contributed by atoms with Crippen molar-refractivity contribution in [3.8, 4) is 0 Å². The predicted molar refractivity (Wildman–Crippen MR) is 101 cm³/mol. The van der Waals surface area contributed by atoms with Crippen LogP contribution in [0.25, 0.3) is 0 Å². The number of aromatic nitrogens is 1. The van der Waals surface area contributed by atoms with Gasteiger partial charge in [0, 0.05) is 19.1 Å². The van der Waals surface area contributed by atoms with Crippen LogP contribution in [0.4, 0.5) is 5.82 Å². The first kappa shape index (κ1) is 17.6. The van der Waals surface area contributed by atoms with Crippen molar-refractivity contribution in [2.24, 2.45) is 0 Å². The van der Waals surface area contributed by atoms with Crippen LogP contribution in [0.1, 0.15) is 68.6 Å². The van der Waals surface area contributed by atoms with Crippen LogP contribution in [0, 0.1) is 0 Å². The van der Waals surface area contributed by atoms with Gasteiger partial charge in [-0.2, -0.15) is 0 Å². The summed E-state index contributed by atoms with van der Waals surface area (Å²) in [6.07, 6.45) is 9.56. The maximum Gasteiger partial charge on any atom is 0.254 e. The molecule has 1 amide bonds. The molecule has 1 N–H and O–H groups in total. The highest BCUT2D eigenvalue weighted by Gasteiger charge is 2.21. The van der Waals surface area contributed by atoms with Gasteiger partial charge in [-0.15, -0.1) is 11.8 Å². The Bertz CT molecular complexity index is 552. The summed E-state index contributed by atoms with van der Waals surface area (Å²) in [5, 5.41) is 4.13. The lowest BCUT2D eigenvalue weighted by Crippen LogP contribution is -2.36. The number of hydrogen-bond donors (Lipinski definition) is 1. The summed E-state index contributed by atoms with van der Waals surface area (Å²) in [7, 11) is 0. The van der Waals surface area contributed by atoms with E-state index in [1.165, 1.54) is 32.1 Å². The Kier molecular flexibility index (Phi) is 6.41. The van der Waals surface area contributed by atoms with Gasteiger partial charge in [-0.3, -0.25) is 4.79 Å². The van der Waals surface area contributed by atoms with Gasteiger partial charge < -0.3 is 10.2 Å². The fourth-order valence-electron chi connectivity index (χ4n) is 3.54. The number of rotatable bonds is 6. The van der Waals surface area contributed by atoms with Gasteiger partial charge in [-0.05, 0) is 50.0 Å². The first-order valence-corrected chi connectivity index (χ1v) is 10.5. The van der Waals surface area contributed by atoms with E-state index in [1.54, 1.807) is 11.8 Å². The van der Waals surface area contributed by atoms with Crippen molar-refractivity contribution in [3.63, 3.8) is 0 Å². The average Bonchev–Trinajstić information content (AvgIpc) is 3.15. The molecule has 3 rings (SSSR count). The van der Waals surface area contributed by atoms with Crippen molar-refractivity contribution in [2.45, 2.75) is 69.4 Å². The van der Waals surface area contributed by atoms with Gasteiger partial charge in [-0.1, -0.05) is 26.2 Å². The second kappa shape index (κ2) is 8.75. The van der Waals surface area contributed by atoms with Gasteiger partial charge in [0.2, 0.25) is 0 Å². The molecule has 5 heteroatoms. The normalized spacial score (nSPS) is 18.8. The van der Waals surface area contributed by atoms with E-state index >= 15 is 0 Å². The van der Waals surface area contributed by atoms with Crippen molar-refractivity contribution in [3.05, 3.63) is 17.7 Å². The molecular formula is C19H29N3OS. The molecule has 1 aliphatic heterocycles. The van der Waals surface area contributed by atoms with E-state index < -0.39 is 0 Å². The van der Waals surface area contributed by atoms with Gasteiger partial charge in [0.25, 0.3) is 5.91 Å². The number of amides is 1. The minimum atomic E-state index is 0.0565. The number of carbonyl (C=O) groups is 1. The van der Waals surface area contributed by atoms with Crippen molar-refractivity contribution in [2.75, 3.05) is 23.7 Å². The molecule has 0 spiro atoms. The van der Waals surface area contributed by atoms with Crippen LogP contribution >= 0.6 is 11.8 Å². The number of thioether (sulfide) groups is 1. The van der Waals surface area contributed by atoms with E-state index in [4.69, 9.17) is 4.98 Å². The van der Waals surface area contributed by atoms with Crippen LogP contribution in [-0.4, -0.2) is 35.8 Å². The largest absolute Gasteiger partial charge is 0.357 e. The molecule has 0 atom stereocenters. The molecule has 2 heterocycles. The Hall–Kier alpha value is -1.23. The molecule has 0 bridgehead atoms. The summed E-state index contributed by atoms with van der Waals surface area (Å²) in [6, 6.07) is 4.35. The maximum atomic E-state index is 12.8. The van der Waals surface area contributed by atoms with E-state index in [1.807, 2.05) is 12.1 Å². The first-order chi connectivity index (χ1) is 11.8. The molecule has 0 aromatic carbocycles. The first-order valence-electron chi connectivity index (χ1n) is 9.47. The molecule has 132 valence electrons. The lowest BCUT2D eigenvalue weighted by atomic mass is 9.95. The standard InChI is InChI=1S/C19H29N3OS/c1-2-14-24-19-16(18(23)20-15-8-4-3-5-9-15)10-11-17(21-19)22-12-6-7-13-22/h10-11,15H,2-9,12-14H2,1H3,(H,20,23). The van der Waals surface area contributed by atoms with Crippen molar-refractivity contribution in [1.82, 2.24) is 10.3 Å². The monoisotopic (exact) mass is 347 g/mol. The summed E-state index contributed by atoms with van der Waals surface area (Å²) in [5.74, 6) is 2.08. The maximum absolute atomic E-state index is 12.8. The topological polar surface area (TPSA) is 45.2 Å². The number of anilines is 1. The number of pyridine rings is 1.